The number of carbonyl (C=O) groups excluding carboxylic acids is 1. The van der Waals surface area contributed by atoms with Crippen LogP contribution in [0.5, 0.6) is 5.75 Å². The lowest BCUT2D eigenvalue weighted by Crippen LogP contribution is -2.38. The van der Waals surface area contributed by atoms with Crippen molar-refractivity contribution in [3.63, 3.8) is 0 Å². The van der Waals surface area contributed by atoms with Crippen LogP contribution < -0.4 is 4.74 Å². The van der Waals surface area contributed by atoms with Gasteiger partial charge in [0, 0.05) is 50.0 Å². The average Bonchev–Trinajstić information content (AvgIpc) is 3.36. The van der Waals surface area contributed by atoms with Gasteiger partial charge in [-0.15, -0.1) is 0 Å². The Kier molecular flexibility index (Phi) is 4.81. The lowest BCUT2D eigenvalue weighted by Gasteiger charge is -2.29. The number of carbonyl (C=O) groups is 1. The van der Waals surface area contributed by atoms with Gasteiger partial charge in [0.05, 0.1) is 13.2 Å². The van der Waals surface area contributed by atoms with E-state index in [1.54, 1.807) is 0 Å². The zero-order valence-electron chi connectivity index (χ0n) is 18.1. The van der Waals surface area contributed by atoms with Crippen LogP contribution in [0.2, 0.25) is 0 Å². The number of aryl methyl sites for hydroxylation is 3. The van der Waals surface area contributed by atoms with Crippen molar-refractivity contribution in [3.8, 4) is 5.75 Å². The molecule has 3 aliphatic rings. The molecule has 0 radical (unpaired) electrons. The lowest BCUT2D eigenvalue weighted by molar-refractivity contribution is -0.133. The number of hydrogen-bond acceptors (Lipinski definition) is 6. The summed E-state index contributed by atoms with van der Waals surface area (Å²) in [7, 11) is 0. The fraction of sp³-hybridized carbons (Fsp3) is 0.609. The van der Waals surface area contributed by atoms with Crippen molar-refractivity contribution in [3.05, 3.63) is 40.5 Å². The Hall–Kier alpha value is -2.41. The molecule has 1 spiro atoms. The number of amides is 1. The second-order valence-corrected chi connectivity index (χ2v) is 9.13. The van der Waals surface area contributed by atoms with Gasteiger partial charge in [0.15, 0.2) is 5.82 Å². The average molecular weight is 411 g/mol. The maximum atomic E-state index is 13.4. The first-order valence-corrected chi connectivity index (χ1v) is 11.0. The maximum Gasteiger partial charge on any atom is 0.226 e. The molecule has 3 heterocycles. The van der Waals surface area contributed by atoms with E-state index >= 15 is 0 Å². The summed E-state index contributed by atoms with van der Waals surface area (Å²) in [6, 6.07) is 4.41. The van der Waals surface area contributed by atoms with Gasteiger partial charge in [-0.05, 0) is 50.3 Å². The van der Waals surface area contributed by atoms with Gasteiger partial charge in [-0.25, -0.2) is 0 Å². The van der Waals surface area contributed by atoms with E-state index in [2.05, 4.69) is 45.9 Å². The number of aromatic nitrogens is 2. The topological polar surface area (TPSA) is 71.7 Å². The molecule has 30 heavy (non-hydrogen) atoms. The smallest absolute Gasteiger partial charge is 0.226 e. The summed E-state index contributed by atoms with van der Waals surface area (Å²) in [6.45, 7) is 10.8. The number of benzene rings is 1. The zero-order chi connectivity index (χ0) is 20.9. The van der Waals surface area contributed by atoms with Gasteiger partial charge in [0.2, 0.25) is 11.8 Å². The van der Waals surface area contributed by atoms with E-state index in [1.165, 1.54) is 16.7 Å². The Bertz CT molecular complexity index is 971. The van der Waals surface area contributed by atoms with Gasteiger partial charge in [-0.1, -0.05) is 11.2 Å². The van der Waals surface area contributed by atoms with Crippen LogP contribution in [0.15, 0.2) is 16.7 Å². The van der Waals surface area contributed by atoms with Crippen LogP contribution in [0.25, 0.3) is 0 Å². The minimum Gasteiger partial charge on any atom is -0.493 e. The predicted octanol–water partition coefficient (Wildman–Crippen LogP) is 2.77. The number of rotatable bonds is 3. The Morgan fingerprint density at radius 3 is 2.80 bits per heavy atom. The normalized spacial score (nSPS) is 26.2. The van der Waals surface area contributed by atoms with Crippen LogP contribution in [0.3, 0.4) is 0 Å². The van der Waals surface area contributed by atoms with Crippen LogP contribution in [0.4, 0.5) is 0 Å². The Labute approximate surface area is 177 Å². The summed E-state index contributed by atoms with van der Waals surface area (Å²) in [5.74, 6) is 2.71. The van der Waals surface area contributed by atoms with Gasteiger partial charge in [-0.2, -0.15) is 4.98 Å². The summed E-state index contributed by atoms with van der Waals surface area (Å²) in [5.41, 5.74) is 3.76. The molecule has 2 fully saturated rings. The number of fused-ring (bicyclic) bond motifs is 2. The summed E-state index contributed by atoms with van der Waals surface area (Å²) >= 11 is 0. The van der Waals surface area contributed by atoms with E-state index in [4.69, 9.17) is 9.26 Å². The number of hydrogen-bond donors (Lipinski definition) is 0. The van der Waals surface area contributed by atoms with Gasteiger partial charge >= 0.3 is 0 Å². The fourth-order valence-electron chi connectivity index (χ4n) is 5.15. The molecule has 1 aliphatic carbocycles. The van der Waals surface area contributed by atoms with Crippen molar-refractivity contribution in [1.29, 1.82) is 0 Å². The van der Waals surface area contributed by atoms with E-state index < -0.39 is 0 Å². The molecule has 160 valence electrons. The Morgan fingerprint density at radius 1 is 1.17 bits per heavy atom. The van der Waals surface area contributed by atoms with E-state index in [-0.39, 0.29) is 11.3 Å². The maximum absolute atomic E-state index is 13.4. The van der Waals surface area contributed by atoms with E-state index in [0.717, 1.165) is 57.0 Å². The molecule has 1 saturated carbocycles. The zero-order valence-corrected chi connectivity index (χ0v) is 18.1. The lowest BCUT2D eigenvalue weighted by atomic mass is 9.85. The molecule has 1 saturated heterocycles. The van der Waals surface area contributed by atoms with Crippen molar-refractivity contribution in [2.75, 3.05) is 32.8 Å². The minimum absolute atomic E-state index is 0.0166. The second kappa shape index (κ2) is 7.38. The Morgan fingerprint density at radius 2 is 2.00 bits per heavy atom. The molecule has 2 aliphatic heterocycles. The molecule has 2 atom stereocenters. The molecule has 2 aromatic rings. The SMILES string of the molecule is Cc1nc(CN2CCCN(C(=O)[C@@H]3C[C@]34CCOc3cc(C)c(C)cc34)CC2)no1. The number of ether oxygens (including phenoxy) is 1. The standard InChI is InChI=1S/C23H30N4O3/c1-15-11-18-20(12-16(15)2)29-10-5-23(18)13-19(23)22(28)27-7-4-6-26(8-9-27)14-21-24-17(3)30-25-21/h11-12,19H,4-10,13-14H2,1-3H3/t19-,23-/m0/s1. The summed E-state index contributed by atoms with van der Waals surface area (Å²) in [5, 5.41) is 4.00. The number of nitrogens with zero attached hydrogens (tertiary/aromatic N) is 4. The predicted molar refractivity (Wildman–Crippen MR) is 111 cm³/mol. The summed E-state index contributed by atoms with van der Waals surface area (Å²) in [4.78, 5) is 22.1. The molecular formula is C23H30N4O3. The van der Waals surface area contributed by atoms with Gasteiger partial charge < -0.3 is 14.2 Å². The fourth-order valence-corrected chi connectivity index (χ4v) is 5.15. The first kappa shape index (κ1) is 19.5. The molecule has 0 N–H and O–H groups in total. The highest BCUT2D eigenvalue weighted by Crippen LogP contribution is 2.61. The van der Waals surface area contributed by atoms with Crippen LogP contribution in [0, 0.1) is 26.7 Å². The first-order chi connectivity index (χ1) is 14.5. The highest BCUT2D eigenvalue weighted by atomic mass is 16.5. The molecule has 5 rings (SSSR count). The largest absolute Gasteiger partial charge is 0.493 e. The molecule has 7 heteroatoms. The van der Waals surface area contributed by atoms with Gasteiger partial charge in [0.25, 0.3) is 0 Å². The van der Waals surface area contributed by atoms with Crippen LogP contribution in [-0.2, 0) is 16.8 Å². The van der Waals surface area contributed by atoms with E-state index in [1.807, 2.05) is 6.92 Å². The minimum atomic E-state index is -0.0166. The molecule has 1 amide bonds. The Balaban J connectivity index is 1.26. The van der Waals surface area contributed by atoms with Crippen molar-refractivity contribution < 1.29 is 14.1 Å². The third-order valence-corrected chi connectivity index (χ3v) is 7.15. The molecular weight excluding hydrogens is 380 g/mol. The first-order valence-electron chi connectivity index (χ1n) is 11.0. The molecule has 1 aromatic heterocycles. The van der Waals surface area contributed by atoms with Gasteiger partial charge in [0.1, 0.15) is 5.75 Å². The summed E-state index contributed by atoms with van der Waals surface area (Å²) < 4.78 is 11.0. The molecule has 7 nitrogen and oxygen atoms in total. The molecule has 0 bridgehead atoms. The quantitative estimate of drug-likeness (QED) is 0.775. The van der Waals surface area contributed by atoms with Crippen molar-refractivity contribution in [2.24, 2.45) is 5.92 Å². The van der Waals surface area contributed by atoms with Crippen LogP contribution >= 0.6 is 0 Å². The van der Waals surface area contributed by atoms with E-state index in [0.29, 0.717) is 24.9 Å². The van der Waals surface area contributed by atoms with Crippen molar-refractivity contribution in [1.82, 2.24) is 19.9 Å². The monoisotopic (exact) mass is 410 g/mol. The molecule has 1 aromatic carbocycles. The van der Waals surface area contributed by atoms with Crippen LogP contribution in [-0.4, -0.2) is 58.6 Å². The second-order valence-electron chi connectivity index (χ2n) is 9.13. The van der Waals surface area contributed by atoms with E-state index in [9.17, 15) is 4.79 Å². The third-order valence-electron chi connectivity index (χ3n) is 7.15. The third kappa shape index (κ3) is 3.39. The van der Waals surface area contributed by atoms with Crippen molar-refractivity contribution in [2.45, 2.75) is 52.0 Å². The van der Waals surface area contributed by atoms with Gasteiger partial charge in [-0.3, -0.25) is 9.69 Å². The highest BCUT2D eigenvalue weighted by Gasteiger charge is 2.61. The molecule has 0 unspecified atom stereocenters. The highest BCUT2D eigenvalue weighted by molar-refractivity contribution is 5.85. The summed E-state index contributed by atoms with van der Waals surface area (Å²) in [6.07, 6.45) is 2.86. The van der Waals surface area contributed by atoms with Crippen LogP contribution in [0.1, 0.15) is 47.7 Å². The van der Waals surface area contributed by atoms with Crippen molar-refractivity contribution >= 4 is 5.91 Å².